The molecule has 1 atom stereocenters. The zero-order chi connectivity index (χ0) is 14.1. The molecule has 2 aromatic rings. The fourth-order valence-electron chi connectivity index (χ4n) is 3.11. The van der Waals surface area contributed by atoms with Crippen LogP contribution in [0.5, 0.6) is 0 Å². The van der Waals surface area contributed by atoms with Crippen LogP contribution >= 0.6 is 0 Å². The van der Waals surface area contributed by atoms with Crippen molar-refractivity contribution in [3.05, 3.63) is 64.5 Å². The second-order valence-corrected chi connectivity index (χ2v) is 5.92. The lowest BCUT2D eigenvalue weighted by molar-refractivity contribution is 0.416. The van der Waals surface area contributed by atoms with E-state index in [2.05, 4.69) is 41.4 Å². The summed E-state index contributed by atoms with van der Waals surface area (Å²) in [6.45, 7) is 4.06. The topological polar surface area (TPSA) is 38.9 Å². The minimum absolute atomic E-state index is 0.0489. The number of nitrogens with zero attached hydrogens (tertiary/aromatic N) is 1. The Kier molecular flexibility index (Phi) is 3.58. The van der Waals surface area contributed by atoms with Crippen molar-refractivity contribution in [1.29, 1.82) is 0 Å². The van der Waals surface area contributed by atoms with Gasteiger partial charge in [0.25, 0.3) is 0 Å². The van der Waals surface area contributed by atoms with Gasteiger partial charge < -0.3 is 5.73 Å². The normalized spacial score (nSPS) is 16.8. The Labute approximate surface area is 121 Å². The monoisotopic (exact) mass is 266 g/mol. The number of pyridine rings is 1. The number of benzene rings is 1. The van der Waals surface area contributed by atoms with Crippen LogP contribution in [-0.4, -0.2) is 4.98 Å². The fraction of sp³-hybridized carbons (Fsp3) is 0.389. The maximum Gasteiger partial charge on any atom is 0.0555 e. The molecule has 104 valence electrons. The fourth-order valence-corrected chi connectivity index (χ4v) is 3.11. The smallest absolute Gasteiger partial charge is 0.0555 e. The van der Waals surface area contributed by atoms with Gasteiger partial charge in [0.15, 0.2) is 0 Å². The van der Waals surface area contributed by atoms with Crippen LogP contribution < -0.4 is 5.73 Å². The molecular formula is C18H22N2. The van der Waals surface area contributed by atoms with Gasteiger partial charge in [-0.2, -0.15) is 0 Å². The lowest BCUT2D eigenvalue weighted by Crippen LogP contribution is -2.18. The summed E-state index contributed by atoms with van der Waals surface area (Å²) in [5, 5.41) is 0. The number of hydrogen-bond donors (Lipinski definition) is 1. The first-order valence-corrected chi connectivity index (χ1v) is 7.45. The summed E-state index contributed by atoms with van der Waals surface area (Å²) < 4.78 is 0. The molecule has 1 aliphatic carbocycles. The molecule has 1 fully saturated rings. The van der Waals surface area contributed by atoms with Gasteiger partial charge in [0.2, 0.25) is 0 Å². The second-order valence-electron chi connectivity index (χ2n) is 5.92. The molecule has 3 rings (SSSR count). The molecule has 1 unspecified atom stereocenters. The van der Waals surface area contributed by atoms with Gasteiger partial charge in [0.1, 0.15) is 0 Å². The summed E-state index contributed by atoms with van der Waals surface area (Å²) in [7, 11) is 0. The van der Waals surface area contributed by atoms with Gasteiger partial charge in [-0.15, -0.1) is 0 Å². The van der Waals surface area contributed by atoms with Crippen LogP contribution in [0, 0.1) is 13.8 Å². The first-order chi connectivity index (χ1) is 9.65. The largest absolute Gasteiger partial charge is 0.320 e. The van der Waals surface area contributed by atoms with Crippen molar-refractivity contribution in [3.63, 3.8) is 0 Å². The SMILES string of the molecule is Cc1cc(C(N)c2ccccc2C2CCC2)cc(C)n1. The van der Waals surface area contributed by atoms with Crippen molar-refractivity contribution in [1.82, 2.24) is 4.98 Å². The molecule has 20 heavy (non-hydrogen) atoms. The molecule has 2 nitrogen and oxygen atoms in total. The summed E-state index contributed by atoms with van der Waals surface area (Å²) in [5.74, 6) is 0.710. The summed E-state index contributed by atoms with van der Waals surface area (Å²) in [4.78, 5) is 4.44. The molecule has 1 aliphatic rings. The third-order valence-electron chi connectivity index (χ3n) is 4.34. The van der Waals surface area contributed by atoms with Crippen LogP contribution in [0.25, 0.3) is 0 Å². The van der Waals surface area contributed by atoms with Gasteiger partial charge in [-0.1, -0.05) is 30.7 Å². The number of aryl methyl sites for hydroxylation is 2. The van der Waals surface area contributed by atoms with E-state index in [9.17, 15) is 0 Å². The van der Waals surface area contributed by atoms with E-state index >= 15 is 0 Å². The van der Waals surface area contributed by atoms with E-state index in [1.165, 1.54) is 36.0 Å². The zero-order valence-corrected chi connectivity index (χ0v) is 12.3. The summed E-state index contributed by atoms with van der Waals surface area (Å²) in [6, 6.07) is 12.8. The molecule has 2 heteroatoms. The molecule has 0 bridgehead atoms. The van der Waals surface area contributed by atoms with Crippen molar-refractivity contribution < 1.29 is 0 Å². The van der Waals surface area contributed by atoms with E-state index in [0.29, 0.717) is 5.92 Å². The Bertz CT molecular complexity index is 594. The Balaban J connectivity index is 1.99. The van der Waals surface area contributed by atoms with E-state index in [0.717, 1.165) is 11.4 Å². The number of nitrogens with two attached hydrogens (primary N) is 1. The highest BCUT2D eigenvalue weighted by Crippen LogP contribution is 2.40. The van der Waals surface area contributed by atoms with Crippen LogP contribution in [0.3, 0.4) is 0 Å². The van der Waals surface area contributed by atoms with E-state index in [4.69, 9.17) is 5.73 Å². The lowest BCUT2D eigenvalue weighted by Gasteiger charge is -2.29. The summed E-state index contributed by atoms with van der Waals surface area (Å²) >= 11 is 0. The number of rotatable bonds is 3. The average molecular weight is 266 g/mol. The molecule has 0 amide bonds. The molecule has 1 heterocycles. The predicted molar refractivity (Wildman–Crippen MR) is 82.8 cm³/mol. The molecule has 0 saturated heterocycles. The van der Waals surface area contributed by atoms with Gasteiger partial charge in [0.05, 0.1) is 6.04 Å². The molecule has 1 aromatic carbocycles. The van der Waals surface area contributed by atoms with Gasteiger partial charge in [-0.05, 0) is 61.4 Å². The predicted octanol–water partition coefficient (Wildman–Crippen LogP) is 4.01. The average Bonchev–Trinajstić information content (AvgIpc) is 2.35. The molecule has 0 aliphatic heterocycles. The van der Waals surface area contributed by atoms with E-state index in [1.807, 2.05) is 13.8 Å². The summed E-state index contributed by atoms with van der Waals surface area (Å²) in [6.07, 6.45) is 3.96. The van der Waals surface area contributed by atoms with Crippen LogP contribution in [-0.2, 0) is 0 Å². The van der Waals surface area contributed by atoms with Crippen LogP contribution in [0.4, 0.5) is 0 Å². The standard InChI is InChI=1S/C18H22N2/c1-12-10-15(11-13(2)20-12)18(19)17-9-4-3-8-16(17)14-6-5-7-14/h3-4,8-11,14,18H,5-7,19H2,1-2H3. The molecule has 2 N–H and O–H groups in total. The van der Waals surface area contributed by atoms with Crippen molar-refractivity contribution in [2.45, 2.75) is 45.1 Å². The Morgan fingerprint density at radius 3 is 2.35 bits per heavy atom. The van der Waals surface area contributed by atoms with E-state index in [-0.39, 0.29) is 6.04 Å². The molecule has 0 spiro atoms. The van der Waals surface area contributed by atoms with Crippen LogP contribution in [0.2, 0.25) is 0 Å². The maximum atomic E-state index is 6.54. The third-order valence-corrected chi connectivity index (χ3v) is 4.34. The number of aromatic nitrogens is 1. The maximum absolute atomic E-state index is 6.54. The van der Waals surface area contributed by atoms with Gasteiger partial charge >= 0.3 is 0 Å². The van der Waals surface area contributed by atoms with Gasteiger partial charge in [-0.25, -0.2) is 0 Å². The Hall–Kier alpha value is -1.67. The van der Waals surface area contributed by atoms with Gasteiger partial charge in [0, 0.05) is 11.4 Å². The Morgan fingerprint density at radius 1 is 1.10 bits per heavy atom. The number of hydrogen-bond acceptors (Lipinski definition) is 2. The van der Waals surface area contributed by atoms with Crippen molar-refractivity contribution in [3.8, 4) is 0 Å². The zero-order valence-electron chi connectivity index (χ0n) is 12.3. The summed E-state index contributed by atoms with van der Waals surface area (Å²) in [5.41, 5.74) is 12.5. The minimum atomic E-state index is -0.0489. The highest BCUT2D eigenvalue weighted by molar-refractivity contribution is 5.40. The molecule has 0 radical (unpaired) electrons. The van der Waals surface area contributed by atoms with Crippen molar-refractivity contribution >= 4 is 0 Å². The van der Waals surface area contributed by atoms with E-state index < -0.39 is 0 Å². The first-order valence-electron chi connectivity index (χ1n) is 7.45. The lowest BCUT2D eigenvalue weighted by atomic mass is 9.76. The second kappa shape index (κ2) is 5.37. The Morgan fingerprint density at radius 2 is 1.75 bits per heavy atom. The van der Waals surface area contributed by atoms with Crippen LogP contribution in [0.15, 0.2) is 36.4 Å². The van der Waals surface area contributed by atoms with E-state index in [1.54, 1.807) is 0 Å². The first kappa shape index (κ1) is 13.3. The van der Waals surface area contributed by atoms with Gasteiger partial charge in [-0.3, -0.25) is 4.98 Å². The minimum Gasteiger partial charge on any atom is -0.320 e. The van der Waals surface area contributed by atoms with Crippen molar-refractivity contribution in [2.75, 3.05) is 0 Å². The molecule has 1 saturated carbocycles. The highest BCUT2D eigenvalue weighted by Gasteiger charge is 2.24. The van der Waals surface area contributed by atoms with Crippen molar-refractivity contribution in [2.24, 2.45) is 5.73 Å². The third kappa shape index (κ3) is 2.48. The molecule has 1 aromatic heterocycles. The highest BCUT2D eigenvalue weighted by atomic mass is 14.7. The van der Waals surface area contributed by atoms with Crippen LogP contribution in [0.1, 0.15) is 59.3 Å². The molecular weight excluding hydrogens is 244 g/mol. The quantitative estimate of drug-likeness (QED) is 0.911.